The molecule has 0 saturated carbocycles. The van der Waals surface area contributed by atoms with Gasteiger partial charge >= 0.3 is 0 Å². The fraction of sp³-hybridized carbons (Fsp3) is 0.273. The van der Waals surface area contributed by atoms with Gasteiger partial charge in [0.15, 0.2) is 0 Å². The summed E-state index contributed by atoms with van der Waals surface area (Å²) in [5.74, 6) is 1.55. The first-order valence-corrected chi connectivity index (χ1v) is 4.91. The van der Waals surface area contributed by atoms with Crippen LogP contribution < -0.4 is 4.74 Å². The first kappa shape index (κ1) is 10.9. The van der Waals surface area contributed by atoms with E-state index in [4.69, 9.17) is 16.3 Å². The second kappa shape index (κ2) is 5.55. The van der Waals surface area contributed by atoms with E-state index < -0.39 is 0 Å². The summed E-state index contributed by atoms with van der Waals surface area (Å²) in [6.45, 7) is 0. The SMILES string of the molecule is COc1ccc(/C(O)=C\CCCl)cc1. The van der Waals surface area contributed by atoms with Crippen LogP contribution in [0.15, 0.2) is 30.3 Å². The normalized spacial score (nSPS) is 11.4. The quantitative estimate of drug-likeness (QED) is 0.614. The molecule has 0 saturated heterocycles. The number of hydrogen-bond acceptors (Lipinski definition) is 2. The maximum atomic E-state index is 9.58. The first-order chi connectivity index (χ1) is 6.77. The molecular weight excluding hydrogens is 200 g/mol. The molecule has 1 rings (SSSR count). The number of aliphatic hydroxyl groups excluding tert-OH is 1. The molecular formula is C11H13ClO2. The molecule has 0 unspecified atom stereocenters. The van der Waals surface area contributed by atoms with Gasteiger partial charge in [-0.3, -0.25) is 0 Å². The Kier molecular flexibility index (Phi) is 4.33. The lowest BCUT2D eigenvalue weighted by Gasteiger charge is -2.02. The van der Waals surface area contributed by atoms with Crippen molar-refractivity contribution in [3.05, 3.63) is 35.9 Å². The van der Waals surface area contributed by atoms with Crippen LogP contribution in [0.2, 0.25) is 0 Å². The number of methoxy groups -OCH3 is 1. The van der Waals surface area contributed by atoms with E-state index in [1.807, 2.05) is 0 Å². The molecule has 0 fully saturated rings. The van der Waals surface area contributed by atoms with Crippen molar-refractivity contribution in [3.8, 4) is 5.75 Å². The first-order valence-electron chi connectivity index (χ1n) is 4.37. The summed E-state index contributed by atoms with van der Waals surface area (Å²) >= 11 is 5.51. The van der Waals surface area contributed by atoms with E-state index in [2.05, 4.69) is 0 Å². The van der Waals surface area contributed by atoms with Crippen molar-refractivity contribution in [1.29, 1.82) is 0 Å². The van der Waals surface area contributed by atoms with Gasteiger partial charge in [-0.05, 0) is 36.8 Å². The Morgan fingerprint density at radius 1 is 1.43 bits per heavy atom. The van der Waals surface area contributed by atoms with E-state index >= 15 is 0 Å². The molecule has 0 aliphatic carbocycles. The van der Waals surface area contributed by atoms with Gasteiger partial charge in [0.2, 0.25) is 0 Å². The molecule has 0 bridgehead atoms. The predicted molar refractivity (Wildman–Crippen MR) is 58.9 cm³/mol. The zero-order chi connectivity index (χ0) is 10.4. The average molecular weight is 213 g/mol. The van der Waals surface area contributed by atoms with Crippen molar-refractivity contribution < 1.29 is 9.84 Å². The van der Waals surface area contributed by atoms with Gasteiger partial charge in [-0.1, -0.05) is 0 Å². The van der Waals surface area contributed by atoms with Gasteiger partial charge < -0.3 is 9.84 Å². The molecule has 0 aliphatic heterocycles. The molecule has 0 aliphatic rings. The van der Waals surface area contributed by atoms with Crippen LogP contribution in [0.1, 0.15) is 12.0 Å². The maximum absolute atomic E-state index is 9.58. The van der Waals surface area contributed by atoms with E-state index in [9.17, 15) is 5.11 Å². The van der Waals surface area contributed by atoms with E-state index in [1.165, 1.54) is 0 Å². The lowest BCUT2D eigenvalue weighted by Crippen LogP contribution is -1.85. The Bertz CT molecular complexity index is 304. The Labute approximate surface area is 88.8 Å². The highest BCUT2D eigenvalue weighted by molar-refractivity contribution is 6.17. The van der Waals surface area contributed by atoms with Crippen molar-refractivity contribution in [2.24, 2.45) is 0 Å². The van der Waals surface area contributed by atoms with Gasteiger partial charge in [0.1, 0.15) is 11.5 Å². The van der Waals surface area contributed by atoms with Gasteiger partial charge in [-0.25, -0.2) is 0 Å². The minimum atomic E-state index is 0.258. The molecule has 0 spiro atoms. The van der Waals surface area contributed by atoms with Crippen molar-refractivity contribution in [3.63, 3.8) is 0 Å². The fourth-order valence-corrected chi connectivity index (χ4v) is 1.18. The summed E-state index contributed by atoms with van der Waals surface area (Å²) in [7, 11) is 1.61. The second-order valence-corrected chi connectivity index (χ2v) is 3.17. The number of rotatable bonds is 4. The minimum absolute atomic E-state index is 0.258. The Morgan fingerprint density at radius 2 is 2.07 bits per heavy atom. The van der Waals surface area contributed by atoms with Crippen LogP contribution >= 0.6 is 11.6 Å². The van der Waals surface area contributed by atoms with Crippen LogP contribution in [0.3, 0.4) is 0 Å². The molecule has 3 heteroatoms. The molecule has 1 aromatic rings. The number of ether oxygens (including phenoxy) is 1. The van der Waals surface area contributed by atoms with Gasteiger partial charge in [-0.2, -0.15) is 0 Å². The van der Waals surface area contributed by atoms with Crippen LogP contribution in [0.4, 0.5) is 0 Å². The van der Waals surface area contributed by atoms with Gasteiger partial charge in [-0.15, -0.1) is 11.6 Å². The molecule has 2 nitrogen and oxygen atoms in total. The summed E-state index contributed by atoms with van der Waals surface area (Å²) < 4.78 is 5.01. The topological polar surface area (TPSA) is 29.5 Å². The highest BCUT2D eigenvalue weighted by Gasteiger charge is 1.98. The monoisotopic (exact) mass is 212 g/mol. The Morgan fingerprint density at radius 3 is 2.57 bits per heavy atom. The van der Waals surface area contributed by atoms with Crippen LogP contribution in [0.25, 0.3) is 5.76 Å². The second-order valence-electron chi connectivity index (χ2n) is 2.80. The number of hydrogen-bond donors (Lipinski definition) is 1. The number of benzene rings is 1. The summed E-state index contributed by atoms with van der Waals surface area (Å²) in [4.78, 5) is 0. The fourth-order valence-electron chi connectivity index (χ4n) is 1.07. The highest BCUT2D eigenvalue weighted by atomic mass is 35.5. The predicted octanol–water partition coefficient (Wildman–Crippen LogP) is 3.22. The standard InChI is InChI=1S/C11H13ClO2/c1-14-10-6-4-9(5-7-10)11(13)3-2-8-12/h3-7,13H,2,8H2,1H3/b11-3+. The zero-order valence-corrected chi connectivity index (χ0v) is 8.79. The molecule has 1 aromatic carbocycles. The summed E-state index contributed by atoms with van der Waals surface area (Å²) in [6, 6.07) is 7.22. The van der Waals surface area contributed by atoms with Crippen LogP contribution in [-0.4, -0.2) is 18.1 Å². The Hall–Kier alpha value is -1.15. The van der Waals surface area contributed by atoms with Gasteiger partial charge in [0.05, 0.1) is 7.11 Å². The summed E-state index contributed by atoms with van der Waals surface area (Å²) in [5, 5.41) is 9.58. The third-order valence-corrected chi connectivity index (χ3v) is 2.05. The lowest BCUT2D eigenvalue weighted by atomic mass is 10.1. The van der Waals surface area contributed by atoms with E-state index in [0.717, 1.165) is 11.3 Å². The Balaban J connectivity index is 2.76. The summed E-state index contributed by atoms with van der Waals surface area (Å²) in [6.07, 6.45) is 2.37. The van der Waals surface area contributed by atoms with E-state index in [-0.39, 0.29) is 5.76 Å². The molecule has 1 N–H and O–H groups in total. The molecule has 0 aromatic heterocycles. The third-order valence-electron chi connectivity index (χ3n) is 1.83. The lowest BCUT2D eigenvalue weighted by molar-refractivity contribution is 0.414. The number of allylic oxidation sites excluding steroid dienone is 1. The molecule has 0 radical (unpaired) electrons. The van der Waals surface area contributed by atoms with Gasteiger partial charge in [0.25, 0.3) is 0 Å². The maximum Gasteiger partial charge on any atom is 0.118 e. The molecule has 0 heterocycles. The van der Waals surface area contributed by atoms with Crippen molar-refractivity contribution in [2.45, 2.75) is 6.42 Å². The number of halogens is 1. The van der Waals surface area contributed by atoms with Crippen molar-refractivity contribution >= 4 is 17.4 Å². The highest BCUT2D eigenvalue weighted by Crippen LogP contribution is 2.16. The molecule has 14 heavy (non-hydrogen) atoms. The van der Waals surface area contributed by atoms with Crippen LogP contribution in [-0.2, 0) is 0 Å². The third kappa shape index (κ3) is 2.96. The van der Waals surface area contributed by atoms with Crippen molar-refractivity contribution in [2.75, 3.05) is 13.0 Å². The van der Waals surface area contributed by atoms with E-state index in [1.54, 1.807) is 37.5 Å². The molecule has 0 atom stereocenters. The smallest absolute Gasteiger partial charge is 0.118 e. The average Bonchev–Trinajstić information content (AvgIpc) is 2.26. The van der Waals surface area contributed by atoms with Gasteiger partial charge in [0, 0.05) is 11.4 Å². The molecule has 0 amide bonds. The largest absolute Gasteiger partial charge is 0.508 e. The summed E-state index contributed by atoms with van der Waals surface area (Å²) in [5.41, 5.74) is 0.774. The van der Waals surface area contributed by atoms with E-state index in [0.29, 0.717) is 12.3 Å². The van der Waals surface area contributed by atoms with Crippen LogP contribution in [0.5, 0.6) is 5.75 Å². The van der Waals surface area contributed by atoms with Crippen LogP contribution in [0, 0.1) is 0 Å². The molecule has 76 valence electrons. The number of alkyl halides is 1. The zero-order valence-electron chi connectivity index (χ0n) is 8.03. The van der Waals surface area contributed by atoms with Crippen molar-refractivity contribution in [1.82, 2.24) is 0 Å². The minimum Gasteiger partial charge on any atom is -0.508 e. The number of aliphatic hydroxyl groups is 1.